The second-order valence-corrected chi connectivity index (χ2v) is 12.6. The minimum absolute atomic E-state index is 0.293. The predicted octanol–water partition coefficient (Wildman–Crippen LogP) is 6.73. The number of nitrogens with zero attached hydrogens (tertiary/aromatic N) is 4. The molecule has 8 rings (SSSR count). The number of fused-ring (bicyclic) bond motifs is 9. The van der Waals surface area contributed by atoms with E-state index in [1.165, 1.54) is 0 Å². The van der Waals surface area contributed by atoms with Crippen LogP contribution in [0.5, 0.6) is 23.0 Å². The highest BCUT2D eigenvalue weighted by molar-refractivity contribution is 5.87. The number of aliphatic imine (C=N–C) groups is 1. The first kappa shape index (κ1) is 33.8. The summed E-state index contributed by atoms with van der Waals surface area (Å²) >= 11 is 0. The summed E-state index contributed by atoms with van der Waals surface area (Å²) in [6.07, 6.45) is 7.47. The molecule has 4 aromatic rings. The van der Waals surface area contributed by atoms with Crippen molar-refractivity contribution in [2.75, 3.05) is 52.9 Å². The van der Waals surface area contributed by atoms with Crippen LogP contribution >= 0.6 is 0 Å². The number of hydrogen-bond acceptors (Lipinski definition) is 10. The Labute approximate surface area is 308 Å². The lowest BCUT2D eigenvalue weighted by Gasteiger charge is -2.39. The van der Waals surface area contributed by atoms with Gasteiger partial charge in [0.1, 0.15) is 38.2 Å². The van der Waals surface area contributed by atoms with Crippen molar-refractivity contribution < 1.29 is 28.4 Å². The third-order valence-corrected chi connectivity index (χ3v) is 9.70. The van der Waals surface area contributed by atoms with E-state index in [1.54, 1.807) is 6.21 Å². The second-order valence-electron chi connectivity index (χ2n) is 12.6. The highest BCUT2D eigenvalue weighted by atomic mass is 16.6. The van der Waals surface area contributed by atoms with Crippen LogP contribution in [0, 0.1) is 22.7 Å². The van der Waals surface area contributed by atoms with E-state index in [-0.39, 0.29) is 0 Å². The van der Waals surface area contributed by atoms with Crippen molar-refractivity contribution in [3.05, 3.63) is 143 Å². The lowest BCUT2D eigenvalue weighted by atomic mass is 9.67. The van der Waals surface area contributed by atoms with Gasteiger partial charge in [0.25, 0.3) is 0 Å². The number of benzene rings is 4. The topological polar surface area (TPSA) is 119 Å². The van der Waals surface area contributed by atoms with Crippen molar-refractivity contribution in [1.29, 1.82) is 10.5 Å². The van der Waals surface area contributed by atoms with Crippen LogP contribution in [-0.2, 0) is 14.9 Å². The van der Waals surface area contributed by atoms with E-state index in [1.807, 2.05) is 90.0 Å². The molecule has 3 aliphatic heterocycles. The molecule has 0 N–H and O–H groups in total. The second kappa shape index (κ2) is 15.1. The smallest absolute Gasteiger partial charge is 0.161 e. The molecule has 1 unspecified atom stereocenters. The highest BCUT2D eigenvalue weighted by Gasteiger charge is 2.60. The maximum absolute atomic E-state index is 10.7. The first-order valence-electron chi connectivity index (χ1n) is 17.6. The summed E-state index contributed by atoms with van der Waals surface area (Å²) in [6, 6.07) is 33.8. The van der Waals surface area contributed by atoms with Crippen LogP contribution in [0.1, 0.15) is 16.7 Å². The summed E-state index contributed by atoms with van der Waals surface area (Å²) < 4.78 is 35.6. The Balaban J connectivity index is 1.06. The van der Waals surface area contributed by atoms with Gasteiger partial charge in [0.2, 0.25) is 0 Å². The van der Waals surface area contributed by atoms with Crippen LogP contribution in [-0.4, -0.2) is 70.0 Å². The fourth-order valence-corrected chi connectivity index (χ4v) is 7.56. The number of rotatable bonds is 2. The van der Waals surface area contributed by atoms with Gasteiger partial charge in [-0.3, -0.25) is 4.99 Å². The highest BCUT2D eigenvalue weighted by Crippen LogP contribution is 2.61. The van der Waals surface area contributed by atoms with Crippen molar-refractivity contribution in [2.45, 2.75) is 11.5 Å². The Morgan fingerprint density at radius 3 is 1.77 bits per heavy atom. The molecule has 1 atom stereocenters. The molecule has 0 fully saturated rings. The van der Waals surface area contributed by atoms with Gasteiger partial charge in [-0.1, -0.05) is 60.7 Å². The van der Waals surface area contributed by atoms with E-state index in [4.69, 9.17) is 33.4 Å². The zero-order valence-electron chi connectivity index (χ0n) is 28.9. The molecule has 264 valence electrons. The van der Waals surface area contributed by atoms with Crippen LogP contribution in [0.15, 0.2) is 131 Å². The first-order valence-corrected chi connectivity index (χ1v) is 17.6. The van der Waals surface area contributed by atoms with Crippen molar-refractivity contribution in [1.82, 2.24) is 4.90 Å². The first-order chi connectivity index (χ1) is 26.2. The normalized spacial score (nSPS) is 19.3. The third kappa shape index (κ3) is 6.18. The van der Waals surface area contributed by atoms with E-state index in [0.29, 0.717) is 92.8 Å². The average molecular weight is 705 g/mol. The Kier molecular flexibility index (Phi) is 9.63. The van der Waals surface area contributed by atoms with Gasteiger partial charge in [0.05, 0.1) is 55.2 Å². The fraction of sp³-hybridized carbons (Fsp3) is 0.233. The van der Waals surface area contributed by atoms with Gasteiger partial charge in [-0.05, 0) is 70.3 Å². The number of para-hydroxylation sites is 2. The van der Waals surface area contributed by atoms with Crippen molar-refractivity contribution in [3.8, 4) is 46.3 Å². The van der Waals surface area contributed by atoms with Crippen molar-refractivity contribution in [2.24, 2.45) is 4.99 Å². The molecule has 1 spiro atoms. The molecule has 0 saturated heterocycles. The van der Waals surface area contributed by atoms with E-state index in [9.17, 15) is 10.5 Å². The van der Waals surface area contributed by atoms with Gasteiger partial charge in [-0.15, -0.1) is 0 Å². The third-order valence-electron chi connectivity index (χ3n) is 9.70. The largest absolute Gasteiger partial charge is 0.487 e. The molecule has 4 aliphatic rings. The fourth-order valence-electron chi connectivity index (χ4n) is 7.56. The molecule has 0 amide bonds. The zero-order chi connectivity index (χ0) is 36.0. The van der Waals surface area contributed by atoms with Crippen LogP contribution < -0.4 is 18.9 Å². The van der Waals surface area contributed by atoms with Crippen LogP contribution in [0.3, 0.4) is 0 Å². The monoisotopic (exact) mass is 704 g/mol. The van der Waals surface area contributed by atoms with E-state index in [0.717, 1.165) is 27.8 Å². The lowest BCUT2D eigenvalue weighted by Crippen LogP contribution is -2.45. The van der Waals surface area contributed by atoms with E-state index < -0.39 is 11.5 Å². The Morgan fingerprint density at radius 2 is 1.19 bits per heavy atom. The van der Waals surface area contributed by atoms with Gasteiger partial charge in [-0.2, -0.15) is 10.5 Å². The molecule has 10 nitrogen and oxygen atoms in total. The number of hydrogen-bond donors (Lipinski definition) is 0. The summed E-state index contributed by atoms with van der Waals surface area (Å²) in [5, 5.41) is 21.1. The lowest BCUT2D eigenvalue weighted by molar-refractivity contribution is 0.0640. The molecule has 0 bridgehead atoms. The molecular weight excluding hydrogens is 668 g/mol. The van der Waals surface area contributed by atoms with Gasteiger partial charge in [0, 0.05) is 12.4 Å². The Bertz CT molecular complexity index is 2180. The van der Waals surface area contributed by atoms with E-state index >= 15 is 0 Å². The van der Waals surface area contributed by atoms with Crippen molar-refractivity contribution in [3.63, 3.8) is 0 Å². The molecule has 4 aromatic carbocycles. The molecule has 10 heteroatoms. The maximum Gasteiger partial charge on any atom is 0.161 e. The summed E-state index contributed by atoms with van der Waals surface area (Å²) in [5.41, 5.74) is 5.39. The van der Waals surface area contributed by atoms with Gasteiger partial charge in [0.15, 0.2) is 23.0 Å². The van der Waals surface area contributed by atoms with Crippen molar-refractivity contribution >= 4 is 6.21 Å². The van der Waals surface area contributed by atoms with Gasteiger partial charge >= 0.3 is 0 Å². The number of ether oxygens (including phenoxy) is 6. The van der Waals surface area contributed by atoms with Crippen LogP contribution in [0.25, 0.3) is 11.1 Å². The standard InChI is InChI=1S/C43H36N4O6/c44-27-35-37(28-45)47-17-7-12-36(42(47)43(35)33-10-3-1-8-31(33)32-9-2-4-11-34(32)43)46-29-30-15-16-40-41(26-30)53-25-21-49-19-23-51-39-14-6-5-13-38(39)50-22-18-48-20-24-52-40/h1-17,26,29,42H,18-25H2. The summed E-state index contributed by atoms with van der Waals surface area (Å²) in [4.78, 5) is 6.95. The summed E-state index contributed by atoms with van der Waals surface area (Å²) in [5.74, 6) is 2.43. The van der Waals surface area contributed by atoms with Crippen LogP contribution in [0.2, 0.25) is 0 Å². The molecule has 0 radical (unpaired) electrons. The Hall–Kier alpha value is -6.33. The summed E-state index contributed by atoms with van der Waals surface area (Å²) in [7, 11) is 0. The number of nitriles is 2. The van der Waals surface area contributed by atoms with E-state index in [2.05, 4.69) is 36.4 Å². The molecule has 0 saturated carbocycles. The maximum atomic E-state index is 10.7. The van der Waals surface area contributed by atoms with Gasteiger partial charge < -0.3 is 33.3 Å². The quantitative estimate of drug-likeness (QED) is 0.209. The average Bonchev–Trinajstić information content (AvgIpc) is 3.66. The molecule has 1 aliphatic carbocycles. The van der Waals surface area contributed by atoms with Crippen LogP contribution in [0.4, 0.5) is 0 Å². The minimum atomic E-state index is -0.922. The molecular formula is C43H36N4O6. The Morgan fingerprint density at radius 1 is 0.642 bits per heavy atom. The van der Waals surface area contributed by atoms with Gasteiger partial charge in [-0.25, -0.2) is 0 Å². The number of allylic oxidation sites excluding steroid dienone is 3. The zero-order valence-corrected chi connectivity index (χ0v) is 28.9. The minimum Gasteiger partial charge on any atom is -0.487 e. The molecule has 0 aromatic heterocycles. The molecule has 3 heterocycles. The SMILES string of the molecule is N#CC1=C(C#N)C2(c3ccccc3-c3ccccc32)C2C(N=Cc3ccc4c(c3)OCCOCCOc3ccccc3OCCOCCO4)=CC=CN12. The molecule has 53 heavy (non-hydrogen) atoms. The predicted molar refractivity (Wildman–Crippen MR) is 198 cm³/mol. The summed E-state index contributed by atoms with van der Waals surface area (Å²) in [6.45, 7) is 2.83.